The van der Waals surface area contributed by atoms with Crippen LogP contribution in [0, 0.1) is 11.3 Å². The minimum atomic E-state index is 0.379. The number of halogens is 1. The minimum Gasteiger partial charge on any atom is -0.0839 e. The molecular formula is C16H23I. The Balaban J connectivity index is 2.14. The maximum atomic E-state index is 2.53. The summed E-state index contributed by atoms with van der Waals surface area (Å²) in [6, 6.07) is 0. The minimum absolute atomic E-state index is 0.379. The van der Waals surface area contributed by atoms with Gasteiger partial charge in [0.25, 0.3) is 0 Å². The second-order valence-electron chi connectivity index (χ2n) is 5.84. The van der Waals surface area contributed by atoms with Crippen LogP contribution in [0.15, 0.2) is 33.0 Å². The molecule has 0 spiro atoms. The van der Waals surface area contributed by atoms with Crippen LogP contribution >= 0.6 is 22.6 Å². The van der Waals surface area contributed by atoms with Crippen molar-refractivity contribution in [2.24, 2.45) is 11.3 Å². The Hall–Kier alpha value is -0.0500. The van der Waals surface area contributed by atoms with Crippen LogP contribution in [0.4, 0.5) is 0 Å². The molecule has 2 rings (SSSR count). The predicted molar refractivity (Wildman–Crippen MR) is 84.3 cm³/mol. The Morgan fingerprint density at radius 1 is 1.53 bits per heavy atom. The maximum absolute atomic E-state index is 2.53. The van der Waals surface area contributed by atoms with E-state index < -0.39 is 0 Å². The molecule has 0 aromatic carbocycles. The van der Waals surface area contributed by atoms with Crippen molar-refractivity contribution in [3.8, 4) is 0 Å². The van der Waals surface area contributed by atoms with Crippen LogP contribution in [-0.4, -0.2) is 0 Å². The molecule has 2 aliphatic carbocycles. The molecule has 2 aliphatic rings. The number of allylic oxidation sites excluding steroid dienone is 6. The quantitative estimate of drug-likeness (QED) is 0.569. The van der Waals surface area contributed by atoms with Crippen molar-refractivity contribution >= 4 is 22.6 Å². The summed E-state index contributed by atoms with van der Waals surface area (Å²) < 4.78 is 1.55. The lowest BCUT2D eigenvalue weighted by atomic mass is 9.75. The monoisotopic (exact) mass is 342 g/mol. The van der Waals surface area contributed by atoms with Gasteiger partial charge in [-0.25, -0.2) is 0 Å². The highest BCUT2D eigenvalue weighted by Crippen LogP contribution is 2.52. The molecule has 0 N–H and O–H groups in total. The molecule has 0 fully saturated rings. The number of hydrogen-bond donors (Lipinski definition) is 0. The molecule has 0 radical (unpaired) electrons. The zero-order valence-electron chi connectivity index (χ0n) is 11.2. The Morgan fingerprint density at radius 3 is 2.94 bits per heavy atom. The van der Waals surface area contributed by atoms with E-state index in [-0.39, 0.29) is 0 Å². The molecule has 0 saturated heterocycles. The first-order chi connectivity index (χ1) is 8.05. The van der Waals surface area contributed by atoms with Gasteiger partial charge in [0.2, 0.25) is 0 Å². The lowest BCUT2D eigenvalue weighted by molar-refractivity contribution is 0.298. The average molecular weight is 342 g/mol. The molecule has 0 nitrogen and oxygen atoms in total. The molecule has 0 aliphatic heterocycles. The largest absolute Gasteiger partial charge is 0.0839 e. The summed E-state index contributed by atoms with van der Waals surface area (Å²) in [4.78, 5) is 0. The highest BCUT2D eigenvalue weighted by Gasteiger charge is 2.40. The van der Waals surface area contributed by atoms with E-state index in [1.54, 1.807) is 14.7 Å². The lowest BCUT2D eigenvalue weighted by Crippen LogP contribution is -2.20. The van der Waals surface area contributed by atoms with Gasteiger partial charge < -0.3 is 0 Å². The SMILES string of the molecule is CC/C=C(/I)CC1CC2=C(C=CCC2)C1(C)C. The molecule has 94 valence electrons. The zero-order valence-corrected chi connectivity index (χ0v) is 13.4. The van der Waals surface area contributed by atoms with Crippen LogP contribution < -0.4 is 0 Å². The van der Waals surface area contributed by atoms with Crippen molar-refractivity contribution in [1.29, 1.82) is 0 Å². The van der Waals surface area contributed by atoms with E-state index in [0.717, 1.165) is 5.92 Å². The Kier molecular flexibility index (Phi) is 4.17. The first kappa shape index (κ1) is 13.4. The molecule has 1 unspecified atom stereocenters. The topological polar surface area (TPSA) is 0 Å². The van der Waals surface area contributed by atoms with E-state index in [1.165, 1.54) is 32.1 Å². The second-order valence-corrected chi connectivity index (χ2v) is 7.23. The predicted octanol–water partition coefficient (Wildman–Crippen LogP) is 5.80. The standard InChI is InChI=1S/C16H23I/c1-4-7-14(17)11-13-10-12-8-5-6-9-15(12)16(13,2)3/h6-7,9,13H,4-5,8,10-11H2,1-3H3/b14-7+. The van der Waals surface area contributed by atoms with Gasteiger partial charge in [0.05, 0.1) is 0 Å². The molecule has 1 atom stereocenters. The van der Waals surface area contributed by atoms with Crippen LogP contribution in [0.25, 0.3) is 0 Å². The van der Waals surface area contributed by atoms with Gasteiger partial charge in [-0.1, -0.05) is 44.6 Å². The zero-order chi connectivity index (χ0) is 12.5. The van der Waals surface area contributed by atoms with E-state index in [1.807, 2.05) is 0 Å². The van der Waals surface area contributed by atoms with Crippen LogP contribution in [0.5, 0.6) is 0 Å². The van der Waals surface area contributed by atoms with Crippen LogP contribution in [0.3, 0.4) is 0 Å². The molecule has 0 aromatic heterocycles. The summed E-state index contributed by atoms with van der Waals surface area (Å²) in [6.45, 7) is 7.10. The van der Waals surface area contributed by atoms with Gasteiger partial charge >= 0.3 is 0 Å². The molecule has 17 heavy (non-hydrogen) atoms. The number of hydrogen-bond acceptors (Lipinski definition) is 0. The van der Waals surface area contributed by atoms with Gasteiger partial charge in [0.1, 0.15) is 0 Å². The third-order valence-electron chi connectivity index (χ3n) is 4.35. The van der Waals surface area contributed by atoms with E-state index in [2.05, 4.69) is 61.6 Å². The van der Waals surface area contributed by atoms with Crippen LogP contribution in [-0.2, 0) is 0 Å². The van der Waals surface area contributed by atoms with Crippen molar-refractivity contribution < 1.29 is 0 Å². The fourth-order valence-electron chi connectivity index (χ4n) is 3.23. The average Bonchev–Trinajstić information content (AvgIpc) is 2.52. The Morgan fingerprint density at radius 2 is 2.29 bits per heavy atom. The molecule has 0 heterocycles. The van der Waals surface area contributed by atoms with Crippen LogP contribution in [0.2, 0.25) is 0 Å². The smallest absolute Gasteiger partial charge is 0.00695 e. The lowest BCUT2D eigenvalue weighted by Gasteiger charge is -2.30. The van der Waals surface area contributed by atoms with E-state index in [9.17, 15) is 0 Å². The molecule has 0 saturated carbocycles. The molecule has 0 amide bonds. The van der Waals surface area contributed by atoms with Crippen molar-refractivity contribution in [3.05, 3.63) is 33.0 Å². The Labute approximate surface area is 119 Å². The third kappa shape index (κ3) is 2.69. The summed E-state index contributed by atoms with van der Waals surface area (Å²) in [6.07, 6.45) is 13.5. The van der Waals surface area contributed by atoms with Crippen molar-refractivity contribution in [3.63, 3.8) is 0 Å². The van der Waals surface area contributed by atoms with Gasteiger partial charge in [-0.2, -0.15) is 0 Å². The maximum Gasteiger partial charge on any atom is -0.00695 e. The highest BCUT2D eigenvalue weighted by atomic mass is 127. The van der Waals surface area contributed by atoms with Gasteiger partial charge in [0, 0.05) is 0 Å². The summed E-state index contributed by atoms with van der Waals surface area (Å²) in [5, 5.41) is 0. The molecule has 0 aromatic rings. The van der Waals surface area contributed by atoms with E-state index >= 15 is 0 Å². The van der Waals surface area contributed by atoms with Crippen molar-refractivity contribution in [2.75, 3.05) is 0 Å². The molecular weight excluding hydrogens is 319 g/mol. The molecule has 0 bridgehead atoms. The fraction of sp³-hybridized carbons (Fsp3) is 0.625. The first-order valence-corrected chi connectivity index (χ1v) is 7.87. The van der Waals surface area contributed by atoms with E-state index in [0.29, 0.717) is 5.41 Å². The van der Waals surface area contributed by atoms with Gasteiger partial charge in [-0.05, 0) is 75.2 Å². The van der Waals surface area contributed by atoms with Gasteiger partial charge in [0.15, 0.2) is 0 Å². The number of rotatable bonds is 3. The summed E-state index contributed by atoms with van der Waals surface area (Å²) in [7, 11) is 0. The van der Waals surface area contributed by atoms with Gasteiger partial charge in [-0.3, -0.25) is 0 Å². The highest BCUT2D eigenvalue weighted by molar-refractivity contribution is 14.1. The van der Waals surface area contributed by atoms with Crippen LogP contribution in [0.1, 0.15) is 52.9 Å². The second kappa shape index (κ2) is 5.29. The van der Waals surface area contributed by atoms with E-state index in [4.69, 9.17) is 0 Å². The summed E-state index contributed by atoms with van der Waals surface area (Å²) >= 11 is 2.53. The normalized spacial score (nSPS) is 27.5. The third-order valence-corrected chi connectivity index (χ3v) is 5.23. The fourth-order valence-corrected chi connectivity index (χ4v) is 4.21. The first-order valence-electron chi connectivity index (χ1n) is 6.79. The van der Waals surface area contributed by atoms with Crippen molar-refractivity contribution in [2.45, 2.75) is 52.9 Å². The van der Waals surface area contributed by atoms with Gasteiger partial charge in [-0.15, -0.1) is 0 Å². The van der Waals surface area contributed by atoms with Crippen molar-refractivity contribution in [1.82, 2.24) is 0 Å². The summed E-state index contributed by atoms with van der Waals surface area (Å²) in [5.41, 5.74) is 3.77. The Bertz CT molecular complexity index is 382. The molecule has 1 heteroatoms. The summed E-state index contributed by atoms with van der Waals surface area (Å²) in [5.74, 6) is 0.810.